The minimum absolute atomic E-state index is 0.0479. The summed E-state index contributed by atoms with van der Waals surface area (Å²) in [6.07, 6.45) is -4.01. The van der Waals surface area contributed by atoms with Crippen LogP contribution in [0.4, 0.5) is 22.0 Å². The highest BCUT2D eigenvalue weighted by Gasteiger charge is 2.50. The van der Waals surface area contributed by atoms with Crippen LogP contribution in [0.5, 0.6) is 5.88 Å². The predicted octanol–water partition coefficient (Wildman–Crippen LogP) is 3.27. The molecule has 1 aromatic heterocycles. The Bertz CT molecular complexity index is 509. The van der Waals surface area contributed by atoms with E-state index < -0.39 is 42.3 Å². The fraction of sp³-hybridized carbons (Fsp3) is 0.615. The molecule has 1 atom stereocenters. The van der Waals surface area contributed by atoms with Gasteiger partial charge in [0, 0.05) is 18.7 Å². The standard InChI is InChI=1S/C13H15F5N2O/c1-7(2)20-5-10(13(17,18)6-20)21-11-3-8(12(15)16)9(14)4-19-11/h3-4,7,10,12H,5-6H2,1-2H3/t10-/m0/s1. The van der Waals surface area contributed by atoms with E-state index in [-0.39, 0.29) is 12.6 Å². The van der Waals surface area contributed by atoms with Crippen LogP contribution in [0.2, 0.25) is 0 Å². The molecule has 118 valence electrons. The smallest absolute Gasteiger partial charge is 0.297 e. The lowest BCUT2D eigenvalue weighted by Gasteiger charge is -2.19. The van der Waals surface area contributed by atoms with Gasteiger partial charge in [-0.3, -0.25) is 4.90 Å². The van der Waals surface area contributed by atoms with E-state index in [9.17, 15) is 22.0 Å². The summed E-state index contributed by atoms with van der Waals surface area (Å²) in [5.41, 5.74) is -0.915. The third kappa shape index (κ3) is 3.42. The molecule has 0 spiro atoms. The van der Waals surface area contributed by atoms with E-state index in [0.717, 1.165) is 0 Å². The Morgan fingerprint density at radius 2 is 2.05 bits per heavy atom. The number of hydrogen-bond donors (Lipinski definition) is 0. The van der Waals surface area contributed by atoms with Gasteiger partial charge in [0.25, 0.3) is 12.3 Å². The Morgan fingerprint density at radius 3 is 2.57 bits per heavy atom. The molecule has 1 aliphatic rings. The fourth-order valence-electron chi connectivity index (χ4n) is 2.11. The van der Waals surface area contributed by atoms with Crippen LogP contribution in [0.3, 0.4) is 0 Å². The Morgan fingerprint density at radius 1 is 1.38 bits per heavy atom. The Hall–Kier alpha value is -1.44. The largest absolute Gasteiger partial charge is 0.466 e. The third-order valence-electron chi connectivity index (χ3n) is 3.37. The maximum Gasteiger partial charge on any atom is 0.297 e. The summed E-state index contributed by atoms with van der Waals surface area (Å²) in [6, 6.07) is 0.566. The molecule has 0 aromatic carbocycles. The van der Waals surface area contributed by atoms with Crippen molar-refractivity contribution >= 4 is 0 Å². The van der Waals surface area contributed by atoms with Crippen molar-refractivity contribution in [3.8, 4) is 5.88 Å². The van der Waals surface area contributed by atoms with E-state index in [2.05, 4.69) is 4.98 Å². The van der Waals surface area contributed by atoms with Crippen molar-refractivity contribution in [2.45, 2.75) is 38.3 Å². The zero-order valence-corrected chi connectivity index (χ0v) is 11.5. The van der Waals surface area contributed by atoms with Crippen LogP contribution in [0.15, 0.2) is 12.3 Å². The topological polar surface area (TPSA) is 25.4 Å². The highest BCUT2D eigenvalue weighted by atomic mass is 19.3. The van der Waals surface area contributed by atoms with E-state index in [1.807, 2.05) is 0 Å². The van der Waals surface area contributed by atoms with E-state index in [4.69, 9.17) is 4.74 Å². The van der Waals surface area contributed by atoms with Crippen LogP contribution in [0.1, 0.15) is 25.8 Å². The normalized spacial score (nSPS) is 22.2. The van der Waals surface area contributed by atoms with Crippen molar-refractivity contribution in [3.05, 3.63) is 23.6 Å². The molecule has 0 bridgehead atoms. The quantitative estimate of drug-likeness (QED) is 0.798. The maximum atomic E-state index is 13.8. The maximum absolute atomic E-state index is 13.8. The molecule has 0 saturated carbocycles. The summed E-state index contributed by atoms with van der Waals surface area (Å²) >= 11 is 0. The first-order valence-corrected chi connectivity index (χ1v) is 6.43. The molecule has 2 heterocycles. The lowest BCUT2D eigenvalue weighted by Crippen LogP contribution is -2.36. The third-order valence-corrected chi connectivity index (χ3v) is 3.37. The van der Waals surface area contributed by atoms with Gasteiger partial charge in [-0.25, -0.2) is 26.9 Å². The van der Waals surface area contributed by atoms with Gasteiger partial charge in [0.2, 0.25) is 5.88 Å². The molecule has 0 unspecified atom stereocenters. The van der Waals surface area contributed by atoms with E-state index in [0.29, 0.717) is 12.3 Å². The molecule has 1 aromatic rings. The van der Waals surface area contributed by atoms with Crippen LogP contribution in [-0.2, 0) is 0 Å². The molecule has 21 heavy (non-hydrogen) atoms. The first-order chi connectivity index (χ1) is 9.70. The minimum Gasteiger partial charge on any atom is -0.466 e. The van der Waals surface area contributed by atoms with Crippen molar-refractivity contribution in [3.63, 3.8) is 0 Å². The molecule has 0 aliphatic carbocycles. The van der Waals surface area contributed by atoms with Gasteiger partial charge < -0.3 is 4.74 Å². The van der Waals surface area contributed by atoms with Gasteiger partial charge in [0.15, 0.2) is 11.9 Å². The Labute approximate surface area is 118 Å². The van der Waals surface area contributed by atoms with Crippen molar-refractivity contribution in [1.29, 1.82) is 0 Å². The summed E-state index contributed by atoms with van der Waals surface area (Å²) in [4.78, 5) is 4.95. The number of likely N-dealkylation sites (tertiary alicyclic amines) is 1. The number of alkyl halides is 4. The van der Waals surface area contributed by atoms with Crippen LogP contribution in [-0.4, -0.2) is 41.0 Å². The summed E-state index contributed by atoms with van der Waals surface area (Å²) in [6.45, 7) is 3.01. The Kier molecular flexibility index (Phi) is 4.36. The highest BCUT2D eigenvalue weighted by molar-refractivity contribution is 5.23. The first kappa shape index (κ1) is 15.9. The molecule has 0 amide bonds. The van der Waals surface area contributed by atoms with Crippen molar-refractivity contribution in [2.24, 2.45) is 0 Å². The second-order valence-electron chi connectivity index (χ2n) is 5.24. The average molecular weight is 310 g/mol. The zero-order chi connectivity index (χ0) is 15.8. The molecule has 1 aliphatic heterocycles. The van der Waals surface area contributed by atoms with Crippen molar-refractivity contribution < 1.29 is 26.7 Å². The first-order valence-electron chi connectivity index (χ1n) is 6.43. The lowest BCUT2D eigenvalue weighted by atomic mass is 10.2. The van der Waals surface area contributed by atoms with Gasteiger partial charge in [0.05, 0.1) is 18.3 Å². The summed E-state index contributed by atoms with van der Waals surface area (Å²) in [5.74, 6) is -4.74. The molecule has 1 saturated heterocycles. The zero-order valence-electron chi connectivity index (χ0n) is 11.5. The van der Waals surface area contributed by atoms with Gasteiger partial charge >= 0.3 is 0 Å². The van der Waals surface area contributed by atoms with Crippen molar-refractivity contribution in [2.75, 3.05) is 13.1 Å². The van der Waals surface area contributed by atoms with Crippen LogP contribution in [0.25, 0.3) is 0 Å². The van der Waals surface area contributed by atoms with Crippen LogP contribution in [0, 0.1) is 5.82 Å². The van der Waals surface area contributed by atoms with Gasteiger partial charge in [-0.05, 0) is 13.8 Å². The molecule has 2 rings (SSSR count). The van der Waals surface area contributed by atoms with Crippen molar-refractivity contribution in [1.82, 2.24) is 9.88 Å². The number of aromatic nitrogens is 1. The molecule has 3 nitrogen and oxygen atoms in total. The van der Waals surface area contributed by atoms with Crippen LogP contribution < -0.4 is 4.74 Å². The number of hydrogen-bond acceptors (Lipinski definition) is 3. The van der Waals surface area contributed by atoms with Gasteiger partial charge in [-0.2, -0.15) is 0 Å². The summed E-state index contributed by atoms with van der Waals surface area (Å²) in [5, 5.41) is 0. The number of nitrogens with zero attached hydrogens (tertiary/aromatic N) is 2. The predicted molar refractivity (Wildman–Crippen MR) is 65.2 cm³/mol. The molecule has 1 fully saturated rings. The van der Waals surface area contributed by atoms with E-state index >= 15 is 0 Å². The Balaban J connectivity index is 2.16. The van der Waals surface area contributed by atoms with Gasteiger partial charge in [-0.15, -0.1) is 0 Å². The number of ether oxygens (including phenoxy) is 1. The molecule has 0 radical (unpaired) electrons. The second kappa shape index (κ2) is 5.75. The van der Waals surface area contributed by atoms with E-state index in [1.165, 1.54) is 4.90 Å². The van der Waals surface area contributed by atoms with Gasteiger partial charge in [-0.1, -0.05) is 0 Å². The summed E-state index contributed by atoms with van der Waals surface area (Å²) in [7, 11) is 0. The second-order valence-corrected chi connectivity index (χ2v) is 5.24. The molecule has 8 heteroatoms. The minimum atomic E-state index is -3.12. The molecule has 0 N–H and O–H groups in total. The number of rotatable bonds is 4. The van der Waals surface area contributed by atoms with E-state index in [1.54, 1.807) is 13.8 Å². The molecular weight excluding hydrogens is 295 g/mol. The lowest BCUT2D eigenvalue weighted by molar-refractivity contribution is -0.0638. The monoisotopic (exact) mass is 310 g/mol. The summed E-state index contributed by atoms with van der Waals surface area (Å²) < 4.78 is 70.9. The molecular formula is C13H15F5N2O. The van der Waals surface area contributed by atoms with Crippen LogP contribution >= 0.6 is 0 Å². The number of halogens is 5. The highest BCUT2D eigenvalue weighted by Crippen LogP contribution is 2.33. The fourth-order valence-corrected chi connectivity index (χ4v) is 2.11. The SMILES string of the molecule is CC(C)N1C[C@H](Oc2cc(C(F)F)c(F)cn2)C(F)(F)C1. The number of pyridine rings is 1. The van der Waals surface area contributed by atoms with Gasteiger partial charge in [0.1, 0.15) is 0 Å². The average Bonchev–Trinajstić information content (AvgIpc) is 2.67.